The number of aromatic nitrogens is 1. The van der Waals surface area contributed by atoms with Crippen molar-refractivity contribution in [3.8, 4) is 5.69 Å². The molecule has 0 radical (unpaired) electrons. The predicted octanol–water partition coefficient (Wildman–Crippen LogP) is 5.12. The molecule has 3 aromatic carbocycles. The number of nitrogens with one attached hydrogen (secondary N) is 1. The summed E-state index contributed by atoms with van der Waals surface area (Å²) in [7, 11) is 0. The number of nitrogens with zero attached hydrogens (tertiary/aromatic N) is 3. The molecule has 0 bridgehead atoms. The summed E-state index contributed by atoms with van der Waals surface area (Å²) in [5.74, 6) is -0.524. The van der Waals surface area contributed by atoms with Gasteiger partial charge in [0.25, 0.3) is 11.8 Å². The van der Waals surface area contributed by atoms with Crippen LogP contribution >= 0.6 is 15.9 Å². The number of benzene rings is 3. The Balaban J connectivity index is 1.31. The smallest absolute Gasteiger partial charge is 0.260 e. The molecule has 2 amide bonds. The molecule has 0 saturated heterocycles. The van der Waals surface area contributed by atoms with Gasteiger partial charge in [-0.15, -0.1) is 0 Å². The number of anilines is 1. The standard InChI is InChI=1S/C26H21BrN4O2/c1-16-12-19(17(2)31(16)21-9-5-8-20(27)13-21)14-28-29-24(32)15-30-23-11-4-7-18-6-3-10-22(25(18)23)26(30)33/h3-14H,15H2,1-2H3,(H,29,32)/b28-14-. The maximum absolute atomic E-state index is 12.9. The third-order valence-electron chi connectivity index (χ3n) is 5.88. The van der Waals surface area contributed by atoms with Gasteiger partial charge >= 0.3 is 0 Å². The zero-order chi connectivity index (χ0) is 23.1. The molecule has 0 spiro atoms. The maximum atomic E-state index is 12.9. The van der Waals surface area contributed by atoms with Gasteiger partial charge in [-0.2, -0.15) is 5.10 Å². The monoisotopic (exact) mass is 500 g/mol. The SMILES string of the molecule is Cc1cc(/C=N\NC(=O)CN2C(=O)c3cccc4cccc2c34)c(C)n1-c1cccc(Br)c1. The molecule has 164 valence electrons. The van der Waals surface area contributed by atoms with E-state index in [-0.39, 0.29) is 18.4 Å². The van der Waals surface area contributed by atoms with Crippen molar-refractivity contribution >= 4 is 50.4 Å². The van der Waals surface area contributed by atoms with Gasteiger partial charge in [-0.3, -0.25) is 14.5 Å². The number of carbonyl (C=O) groups excluding carboxylic acids is 2. The summed E-state index contributed by atoms with van der Waals surface area (Å²) in [6.07, 6.45) is 1.63. The fourth-order valence-electron chi connectivity index (χ4n) is 4.42. The molecule has 0 saturated carbocycles. The Labute approximate surface area is 199 Å². The molecule has 33 heavy (non-hydrogen) atoms. The van der Waals surface area contributed by atoms with E-state index in [1.165, 1.54) is 4.90 Å². The van der Waals surface area contributed by atoms with E-state index in [4.69, 9.17) is 0 Å². The van der Waals surface area contributed by atoms with E-state index in [1.54, 1.807) is 12.3 Å². The zero-order valence-electron chi connectivity index (χ0n) is 18.2. The van der Waals surface area contributed by atoms with Crippen molar-refractivity contribution in [1.82, 2.24) is 9.99 Å². The Kier molecular flexibility index (Phi) is 5.34. The van der Waals surface area contributed by atoms with Crippen LogP contribution in [0.25, 0.3) is 16.5 Å². The summed E-state index contributed by atoms with van der Waals surface area (Å²) >= 11 is 3.52. The third kappa shape index (κ3) is 3.74. The zero-order valence-corrected chi connectivity index (χ0v) is 19.8. The molecule has 2 heterocycles. The molecule has 1 aliphatic rings. The first kappa shape index (κ1) is 21.2. The second-order valence-corrected chi connectivity index (χ2v) is 8.92. The van der Waals surface area contributed by atoms with Gasteiger partial charge in [0, 0.05) is 38.1 Å². The largest absolute Gasteiger partial charge is 0.318 e. The number of halogens is 1. The first-order chi connectivity index (χ1) is 15.9. The van der Waals surface area contributed by atoms with E-state index in [2.05, 4.69) is 31.0 Å². The first-order valence-corrected chi connectivity index (χ1v) is 11.3. The predicted molar refractivity (Wildman–Crippen MR) is 134 cm³/mol. The van der Waals surface area contributed by atoms with Crippen LogP contribution in [-0.4, -0.2) is 29.1 Å². The average Bonchev–Trinajstić information content (AvgIpc) is 3.23. The maximum Gasteiger partial charge on any atom is 0.260 e. The van der Waals surface area contributed by atoms with Crippen LogP contribution in [0, 0.1) is 13.8 Å². The van der Waals surface area contributed by atoms with Crippen LogP contribution in [0.15, 0.2) is 76.3 Å². The summed E-state index contributed by atoms with van der Waals surface area (Å²) in [6.45, 7) is 3.94. The Morgan fingerprint density at radius 3 is 2.61 bits per heavy atom. The molecule has 4 aromatic rings. The molecule has 0 atom stereocenters. The molecule has 1 N–H and O–H groups in total. The summed E-state index contributed by atoms with van der Waals surface area (Å²) in [5.41, 5.74) is 7.97. The first-order valence-electron chi connectivity index (χ1n) is 10.5. The number of carbonyl (C=O) groups is 2. The van der Waals surface area contributed by atoms with Crippen LogP contribution in [0.1, 0.15) is 27.3 Å². The van der Waals surface area contributed by atoms with Crippen molar-refractivity contribution in [3.63, 3.8) is 0 Å². The highest BCUT2D eigenvalue weighted by Gasteiger charge is 2.30. The van der Waals surface area contributed by atoms with Crippen LogP contribution in [-0.2, 0) is 4.79 Å². The Morgan fingerprint density at radius 1 is 1.06 bits per heavy atom. The second kappa shape index (κ2) is 8.33. The summed E-state index contributed by atoms with van der Waals surface area (Å²) in [5, 5.41) is 6.02. The summed E-state index contributed by atoms with van der Waals surface area (Å²) in [6, 6.07) is 21.4. The topological polar surface area (TPSA) is 66.7 Å². The Morgan fingerprint density at radius 2 is 1.82 bits per heavy atom. The lowest BCUT2D eigenvalue weighted by atomic mass is 10.1. The van der Waals surface area contributed by atoms with E-state index in [1.807, 2.05) is 74.5 Å². The minimum absolute atomic E-state index is 0.0962. The number of hydrazone groups is 1. The second-order valence-electron chi connectivity index (χ2n) is 8.01. The van der Waals surface area contributed by atoms with E-state index < -0.39 is 0 Å². The van der Waals surface area contributed by atoms with E-state index >= 15 is 0 Å². The summed E-state index contributed by atoms with van der Waals surface area (Å²) in [4.78, 5) is 26.9. The van der Waals surface area contributed by atoms with Crippen LogP contribution in [0.2, 0.25) is 0 Å². The number of hydrogen-bond donors (Lipinski definition) is 1. The Bertz CT molecular complexity index is 1450. The third-order valence-corrected chi connectivity index (χ3v) is 6.37. The quantitative estimate of drug-likeness (QED) is 0.305. The number of amides is 2. The highest BCUT2D eigenvalue weighted by atomic mass is 79.9. The molecule has 1 aromatic heterocycles. The molecule has 1 aliphatic heterocycles. The van der Waals surface area contributed by atoms with E-state index in [0.29, 0.717) is 5.56 Å². The molecule has 0 unspecified atom stereocenters. The van der Waals surface area contributed by atoms with Gasteiger partial charge < -0.3 is 4.57 Å². The minimum atomic E-state index is -0.356. The van der Waals surface area contributed by atoms with Gasteiger partial charge in [-0.1, -0.05) is 46.3 Å². The van der Waals surface area contributed by atoms with Crippen molar-refractivity contribution < 1.29 is 9.59 Å². The fourth-order valence-corrected chi connectivity index (χ4v) is 4.81. The highest BCUT2D eigenvalue weighted by molar-refractivity contribution is 9.10. The summed E-state index contributed by atoms with van der Waals surface area (Å²) < 4.78 is 3.14. The minimum Gasteiger partial charge on any atom is -0.318 e. The number of hydrogen-bond acceptors (Lipinski definition) is 3. The van der Waals surface area contributed by atoms with Crippen molar-refractivity contribution in [1.29, 1.82) is 0 Å². The fraction of sp³-hybridized carbons (Fsp3) is 0.115. The lowest BCUT2D eigenvalue weighted by molar-refractivity contribution is -0.119. The van der Waals surface area contributed by atoms with Crippen molar-refractivity contribution in [2.45, 2.75) is 13.8 Å². The normalized spacial score (nSPS) is 12.8. The van der Waals surface area contributed by atoms with Gasteiger partial charge in [-0.25, -0.2) is 5.43 Å². The molecule has 6 nitrogen and oxygen atoms in total. The number of rotatable bonds is 5. The van der Waals surface area contributed by atoms with Crippen LogP contribution in [0.3, 0.4) is 0 Å². The van der Waals surface area contributed by atoms with Crippen LogP contribution in [0.5, 0.6) is 0 Å². The molecular weight excluding hydrogens is 480 g/mol. The van der Waals surface area contributed by atoms with E-state index in [9.17, 15) is 9.59 Å². The van der Waals surface area contributed by atoms with Crippen molar-refractivity contribution in [3.05, 3.63) is 93.7 Å². The Hall–Kier alpha value is -3.71. The van der Waals surface area contributed by atoms with Gasteiger partial charge in [0.1, 0.15) is 6.54 Å². The van der Waals surface area contributed by atoms with E-state index in [0.717, 1.165) is 43.6 Å². The van der Waals surface area contributed by atoms with Crippen LogP contribution < -0.4 is 10.3 Å². The van der Waals surface area contributed by atoms with Gasteiger partial charge in [0.15, 0.2) is 0 Å². The molecular formula is C26H21BrN4O2. The lowest BCUT2D eigenvalue weighted by Gasteiger charge is -2.16. The van der Waals surface area contributed by atoms with Gasteiger partial charge in [-0.05, 0) is 55.6 Å². The van der Waals surface area contributed by atoms with Crippen LogP contribution in [0.4, 0.5) is 5.69 Å². The van der Waals surface area contributed by atoms with Gasteiger partial charge in [0.05, 0.1) is 11.9 Å². The lowest BCUT2D eigenvalue weighted by Crippen LogP contribution is -2.37. The highest BCUT2D eigenvalue weighted by Crippen LogP contribution is 2.36. The number of aryl methyl sites for hydroxylation is 1. The van der Waals surface area contributed by atoms with Gasteiger partial charge in [0.2, 0.25) is 0 Å². The molecule has 7 heteroatoms. The van der Waals surface area contributed by atoms with Crippen molar-refractivity contribution in [2.24, 2.45) is 5.10 Å². The molecule has 5 rings (SSSR count). The average molecular weight is 501 g/mol. The molecule has 0 fully saturated rings. The van der Waals surface area contributed by atoms with Crippen molar-refractivity contribution in [2.75, 3.05) is 11.4 Å². The molecule has 0 aliphatic carbocycles.